The molecule has 0 unspecified atom stereocenters. The molecule has 0 amide bonds. The second kappa shape index (κ2) is 8.05. The summed E-state index contributed by atoms with van der Waals surface area (Å²) in [7, 11) is 2.13. The summed E-state index contributed by atoms with van der Waals surface area (Å²) in [5.74, 6) is -0.572. The van der Waals surface area contributed by atoms with Gasteiger partial charge in [0.2, 0.25) is 0 Å². The van der Waals surface area contributed by atoms with E-state index in [1.165, 1.54) is 12.8 Å². The summed E-state index contributed by atoms with van der Waals surface area (Å²) in [6.07, 6.45) is 3.47. The van der Waals surface area contributed by atoms with E-state index in [2.05, 4.69) is 11.9 Å². The Morgan fingerprint density at radius 1 is 1.00 bits per heavy atom. The number of likely N-dealkylation sites (N-methyl/N-ethyl adjacent to an activating group) is 1. The van der Waals surface area contributed by atoms with E-state index in [4.69, 9.17) is 4.74 Å². The van der Waals surface area contributed by atoms with Gasteiger partial charge in [0.1, 0.15) is 11.5 Å². The molecule has 0 N–H and O–H groups in total. The van der Waals surface area contributed by atoms with E-state index in [1.54, 1.807) is 0 Å². The van der Waals surface area contributed by atoms with Gasteiger partial charge < -0.3 is 4.74 Å². The number of hydrogen-bond acceptors (Lipinski definition) is 3. The highest BCUT2D eigenvalue weighted by molar-refractivity contribution is 5.82. The van der Waals surface area contributed by atoms with Crippen LogP contribution >= 0.6 is 0 Å². The lowest BCUT2D eigenvalue weighted by atomic mass is 9.88. The van der Waals surface area contributed by atoms with Gasteiger partial charge in [-0.05, 0) is 51.4 Å². The van der Waals surface area contributed by atoms with Crippen LogP contribution < -0.4 is 0 Å². The lowest BCUT2D eigenvalue weighted by molar-refractivity contribution is -0.165. The van der Waals surface area contributed by atoms with Gasteiger partial charge in [-0.15, -0.1) is 0 Å². The van der Waals surface area contributed by atoms with Gasteiger partial charge in [0.15, 0.2) is 0 Å². The van der Waals surface area contributed by atoms with Crippen LogP contribution in [-0.2, 0) is 9.53 Å². The van der Waals surface area contributed by atoms with Crippen LogP contribution in [0.5, 0.6) is 0 Å². The zero-order valence-electron chi connectivity index (χ0n) is 16.0. The van der Waals surface area contributed by atoms with E-state index < -0.39 is 11.5 Å². The zero-order chi connectivity index (χ0) is 18.6. The van der Waals surface area contributed by atoms with Gasteiger partial charge >= 0.3 is 5.97 Å². The molecule has 1 atom stereocenters. The summed E-state index contributed by atoms with van der Waals surface area (Å²) >= 11 is 0. The lowest BCUT2D eigenvalue weighted by Crippen LogP contribution is -2.52. The summed E-state index contributed by atoms with van der Waals surface area (Å²) < 4.78 is 6.14. The molecule has 3 rings (SSSR count). The van der Waals surface area contributed by atoms with Crippen LogP contribution in [0.25, 0.3) is 0 Å². The van der Waals surface area contributed by atoms with Gasteiger partial charge in [0.25, 0.3) is 0 Å². The van der Waals surface area contributed by atoms with Gasteiger partial charge in [-0.2, -0.15) is 0 Å². The fraction of sp³-hybridized carbons (Fsp3) is 0.435. The Morgan fingerprint density at radius 2 is 1.54 bits per heavy atom. The van der Waals surface area contributed by atoms with Gasteiger partial charge in [0.05, 0.1) is 0 Å². The van der Waals surface area contributed by atoms with Crippen molar-refractivity contribution in [1.82, 2.24) is 4.90 Å². The number of rotatable bonds is 5. The number of likely N-dealkylation sites (tertiary alicyclic amines) is 1. The Balaban J connectivity index is 1.86. The van der Waals surface area contributed by atoms with Crippen molar-refractivity contribution in [3.8, 4) is 0 Å². The second-order valence-electron chi connectivity index (χ2n) is 7.77. The predicted molar refractivity (Wildman–Crippen MR) is 105 cm³/mol. The lowest BCUT2D eigenvalue weighted by Gasteiger charge is -2.43. The second-order valence-corrected chi connectivity index (χ2v) is 7.77. The number of esters is 1. The molecular formula is C23H29NO2. The Morgan fingerprint density at radius 3 is 2.04 bits per heavy atom. The number of nitrogens with zero attached hydrogens (tertiary/aromatic N) is 1. The SMILES string of the molecule is CN1CCCC[C@@H]1C(C)(C)OC(=O)C(c1ccccc1)c1ccccc1. The van der Waals surface area contributed by atoms with Gasteiger partial charge in [-0.25, -0.2) is 0 Å². The van der Waals surface area contributed by atoms with Crippen molar-refractivity contribution >= 4 is 5.97 Å². The van der Waals surface area contributed by atoms with E-state index in [0.29, 0.717) is 0 Å². The molecule has 2 aromatic carbocycles. The molecule has 1 aliphatic rings. The first kappa shape index (κ1) is 18.7. The number of carbonyl (C=O) groups is 1. The topological polar surface area (TPSA) is 29.5 Å². The molecule has 0 radical (unpaired) electrons. The van der Waals surface area contributed by atoms with Crippen molar-refractivity contribution in [2.45, 2.75) is 50.7 Å². The highest BCUT2D eigenvalue weighted by Crippen LogP contribution is 2.32. The minimum atomic E-state index is -0.520. The summed E-state index contributed by atoms with van der Waals surface area (Å²) in [5.41, 5.74) is 1.42. The Labute approximate surface area is 157 Å². The van der Waals surface area contributed by atoms with Crippen LogP contribution in [0.3, 0.4) is 0 Å². The molecule has 0 spiro atoms. The first-order chi connectivity index (χ1) is 12.5. The minimum Gasteiger partial charge on any atom is -0.457 e. The largest absolute Gasteiger partial charge is 0.457 e. The standard InChI is InChI=1S/C23H29NO2/c1-23(2,20-16-10-11-17-24(20)3)26-22(25)21(18-12-6-4-7-13-18)19-14-8-5-9-15-19/h4-9,12-15,20-21H,10-11,16-17H2,1-3H3/t20-/m1/s1. The summed E-state index contributed by atoms with van der Waals surface area (Å²) in [6, 6.07) is 20.1. The number of hydrogen-bond donors (Lipinski definition) is 0. The number of piperidine rings is 1. The van der Waals surface area contributed by atoms with E-state index in [1.807, 2.05) is 74.5 Å². The summed E-state index contributed by atoms with van der Waals surface area (Å²) in [4.78, 5) is 15.6. The van der Waals surface area contributed by atoms with E-state index in [-0.39, 0.29) is 12.0 Å². The third-order valence-corrected chi connectivity index (χ3v) is 5.44. The predicted octanol–water partition coefficient (Wildman–Crippen LogP) is 4.62. The van der Waals surface area contributed by atoms with Crippen molar-refractivity contribution in [3.63, 3.8) is 0 Å². The third-order valence-electron chi connectivity index (χ3n) is 5.44. The third kappa shape index (κ3) is 4.16. The molecule has 0 saturated carbocycles. The number of ether oxygens (including phenoxy) is 1. The van der Waals surface area contributed by atoms with Crippen molar-refractivity contribution in [3.05, 3.63) is 71.8 Å². The summed E-state index contributed by atoms with van der Waals surface area (Å²) in [6.45, 7) is 5.15. The fourth-order valence-corrected chi connectivity index (χ4v) is 4.10. The zero-order valence-corrected chi connectivity index (χ0v) is 16.0. The van der Waals surface area contributed by atoms with Crippen LogP contribution in [0.15, 0.2) is 60.7 Å². The molecule has 2 aromatic rings. The van der Waals surface area contributed by atoms with Crippen molar-refractivity contribution in [2.75, 3.05) is 13.6 Å². The Kier molecular flexibility index (Phi) is 5.77. The maximum Gasteiger partial charge on any atom is 0.318 e. The molecule has 3 heteroatoms. The molecule has 0 bridgehead atoms. The minimum absolute atomic E-state index is 0.175. The van der Waals surface area contributed by atoms with Crippen molar-refractivity contribution in [1.29, 1.82) is 0 Å². The molecule has 3 nitrogen and oxygen atoms in total. The van der Waals surface area contributed by atoms with Gasteiger partial charge in [0, 0.05) is 6.04 Å². The quantitative estimate of drug-likeness (QED) is 0.736. The average molecular weight is 351 g/mol. The van der Waals surface area contributed by atoms with E-state index >= 15 is 0 Å². The molecule has 0 aromatic heterocycles. The highest BCUT2D eigenvalue weighted by atomic mass is 16.6. The van der Waals surface area contributed by atoms with Crippen molar-refractivity contribution in [2.24, 2.45) is 0 Å². The maximum atomic E-state index is 13.3. The maximum absolute atomic E-state index is 13.3. The average Bonchev–Trinajstić information content (AvgIpc) is 2.63. The van der Waals surface area contributed by atoms with Gasteiger partial charge in [-0.3, -0.25) is 9.69 Å². The Hall–Kier alpha value is -2.13. The van der Waals surface area contributed by atoms with E-state index in [9.17, 15) is 4.79 Å². The van der Waals surface area contributed by atoms with Crippen LogP contribution in [0, 0.1) is 0 Å². The monoisotopic (exact) mass is 351 g/mol. The first-order valence-electron chi connectivity index (χ1n) is 9.52. The van der Waals surface area contributed by atoms with Gasteiger partial charge in [-0.1, -0.05) is 67.1 Å². The van der Waals surface area contributed by atoms with Crippen LogP contribution in [0.1, 0.15) is 50.2 Å². The smallest absolute Gasteiger partial charge is 0.318 e. The molecule has 1 aliphatic heterocycles. The molecule has 1 heterocycles. The highest BCUT2D eigenvalue weighted by Gasteiger charge is 2.39. The van der Waals surface area contributed by atoms with Crippen molar-refractivity contribution < 1.29 is 9.53 Å². The molecular weight excluding hydrogens is 322 g/mol. The summed E-state index contributed by atoms with van der Waals surface area (Å²) in [5, 5.41) is 0. The number of benzene rings is 2. The first-order valence-corrected chi connectivity index (χ1v) is 9.52. The Bertz CT molecular complexity index is 672. The molecule has 0 aliphatic carbocycles. The van der Waals surface area contributed by atoms with Crippen LogP contribution in [0.2, 0.25) is 0 Å². The van der Waals surface area contributed by atoms with Crippen LogP contribution in [0.4, 0.5) is 0 Å². The molecule has 1 saturated heterocycles. The molecule has 26 heavy (non-hydrogen) atoms. The fourth-order valence-electron chi connectivity index (χ4n) is 4.10. The molecule has 138 valence electrons. The van der Waals surface area contributed by atoms with E-state index in [0.717, 1.165) is 24.1 Å². The normalized spacial score (nSPS) is 18.7. The molecule has 1 fully saturated rings. The van der Waals surface area contributed by atoms with Crippen LogP contribution in [-0.4, -0.2) is 36.1 Å². The number of carbonyl (C=O) groups excluding carboxylic acids is 1.